The first-order chi connectivity index (χ1) is 12.7. The second kappa shape index (κ2) is 7.74. The Morgan fingerprint density at radius 3 is 2.88 bits per heavy atom. The van der Waals surface area contributed by atoms with E-state index < -0.39 is 0 Å². The normalized spacial score (nSPS) is 30.6. The summed E-state index contributed by atoms with van der Waals surface area (Å²) in [4.78, 5) is 11.6. The van der Waals surface area contributed by atoms with Gasteiger partial charge >= 0.3 is 5.97 Å². The van der Waals surface area contributed by atoms with E-state index in [1.165, 1.54) is 63.4 Å². The summed E-state index contributed by atoms with van der Waals surface area (Å²) in [6.45, 7) is 2.95. The average molecular weight is 355 g/mol. The van der Waals surface area contributed by atoms with Gasteiger partial charge in [0.15, 0.2) is 0 Å². The van der Waals surface area contributed by atoms with Crippen LogP contribution in [0.15, 0.2) is 18.2 Å². The second-order valence-electron chi connectivity index (χ2n) is 9.26. The molecule has 2 fully saturated rings. The molecule has 2 nitrogen and oxygen atoms in total. The first-order valence-corrected chi connectivity index (χ1v) is 10.9. The smallest absolute Gasteiger partial charge is 0.306 e. The van der Waals surface area contributed by atoms with Crippen molar-refractivity contribution in [3.8, 4) is 0 Å². The summed E-state index contributed by atoms with van der Waals surface area (Å²) in [5.41, 5.74) is 4.88. The summed E-state index contributed by atoms with van der Waals surface area (Å²) in [6.07, 6.45) is 15.1. The number of hydrogen-bond acceptors (Lipinski definition) is 2. The molecule has 1 aromatic carbocycles. The number of rotatable bonds is 6. The van der Waals surface area contributed by atoms with E-state index in [0.29, 0.717) is 18.9 Å². The standard InChI is InChI=1S/C24H34O2/c1-2-3-4-5-6-18-7-8-20-14-21(10-9-19(20)13-18)22-11-12-24(15-22)16-23(25)26-17-24/h9-10,14,18,22H,2-8,11-13,15-17H2,1H3/t18-,22+,24+/m1/s1. The Morgan fingerprint density at radius 2 is 2.08 bits per heavy atom. The van der Waals surface area contributed by atoms with E-state index in [2.05, 4.69) is 25.1 Å². The summed E-state index contributed by atoms with van der Waals surface area (Å²) in [7, 11) is 0. The molecule has 4 rings (SSSR count). The van der Waals surface area contributed by atoms with Crippen molar-refractivity contribution in [2.75, 3.05) is 6.61 Å². The van der Waals surface area contributed by atoms with Crippen LogP contribution in [0, 0.1) is 11.3 Å². The number of hydrogen-bond donors (Lipinski definition) is 0. The molecule has 0 amide bonds. The van der Waals surface area contributed by atoms with Crippen molar-refractivity contribution in [3.63, 3.8) is 0 Å². The predicted molar refractivity (Wildman–Crippen MR) is 105 cm³/mol. The molecule has 0 N–H and O–H groups in total. The lowest BCUT2D eigenvalue weighted by molar-refractivity contribution is -0.137. The van der Waals surface area contributed by atoms with E-state index in [1.54, 1.807) is 11.1 Å². The molecule has 0 radical (unpaired) electrons. The van der Waals surface area contributed by atoms with Crippen molar-refractivity contribution < 1.29 is 9.53 Å². The zero-order chi connectivity index (χ0) is 18.0. The minimum absolute atomic E-state index is 0.0149. The van der Waals surface area contributed by atoms with Gasteiger partial charge in [-0.3, -0.25) is 4.79 Å². The molecule has 3 aliphatic rings. The summed E-state index contributed by atoms with van der Waals surface area (Å²) >= 11 is 0. The number of carbonyl (C=O) groups excluding carboxylic acids is 1. The molecule has 0 bridgehead atoms. The van der Waals surface area contributed by atoms with E-state index in [1.807, 2.05) is 0 Å². The Hall–Kier alpha value is -1.31. The van der Waals surface area contributed by atoms with Crippen molar-refractivity contribution in [2.24, 2.45) is 11.3 Å². The zero-order valence-corrected chi connectivity index (χ0v) is 16.4. The van der Waals surface area contributed by atoms with Gasteiger partial charge in [-0.05, 0) is 67.1 Å². The molecule has 26 heavy (non-hydrogen) atoms. The second-order valence-corrected chi connectivity index (χ2v) is 9.26. The van der Waals surface area contributed by atoms with Crippen LogP contribution in [-0.2, 0) is 22.4 Å². The Morgan fingerprint density at radius 1 is 1.15 bits per heavy atom. The molecule has 1 saturated heterocycles. The third kappa shape index (κ3) is 3.85. The lowest BCUT2D eigenvalue weighted by Gasteiger charge is -2.26. The summed E-state index contributed by atoms with van der Waals surface area (Å²) < 4.78 is 5.29. The minimum Gasteiger partial charge on any atom is -0.465 e. The Bertz CT molecular complexity index is 650. The topological polar surface area (TPSA) is 26.3 Å². The first-order valence-electron chi connectivity index (χ1n) is 10.9. The van der Waals surface area contributed by atoms with Crippen molar-refractivity contribution in [1.29, 1.82) is 0 Å². The van der Waals surface area contributed by atoms with Gasteiger partial charge in [0, 0.05) is 5.41 Å². The molecule has 3 atom stereocenters. The number of fused-ring (bicyclic) bond motifs is 1. The molecule has 1 aliphatic heterocycles. The zero-order valence-electron chi connectivity index (χ0n) is 16.4. The first kappa shape index (κ1) is 18.1. The van der Waals surface area contributed by atoms with Crippen LogP contribution in [0.3, 0.4) is 0 Å². The lowest BCUT2D eigenvalue weighted by atomic mass is 9.79. The fraction of sp³-hybridized carbons (Fsp3) is 0.708. The molecular formula is C24H34O2. The number of esters is 1. The van der Waals surface area contributed by atoms with E-state index in [9.17, 15) is 4.79 Å². The van der Waals surface area contributed by atoms with Crippen LogP contribution in [0.4, 0.5) is 0 Å². The van der Waals surface area contributed by atoms with Gasteiger partial charge in [-0.2, -0.15) is 0 Å². The molecule has 2 aliphatic carbocycles. The highest BCUT2D eigenvalue weighted by atomic mass is 16.5. The Balaban J connectivity index is 1.36. The fourth-order valence-corrected chi connectivity index (χ4v) is 5.64. The maximum atomic E-state index is 11.6. The number of cyclic esters (lactones) is 1. The summed E-state index contributed by atoms with van der Waals surface area (Å²) in [5, 5.41) is 0. The van der Waals surface area contributed by atoms with Crippen molar-refractivity contribution in [3.05, 3.63) is 34.9 Å². The van der Waals surface area contributed by atoms with Crippen molar-refractivity contribution >= 4 is 5.97 Å². The van der Waals surface area contributed by atoms with E-state index >= 15 is 0 Å². The van der Waals surface area contributed by atoms with Crippen LogP contribution >= 0.6 is 0 Å². The monoisotopic (exact) mass is 354 g/mol. The third-order valence-corrected chi connectivity index (χ3v) is 7.26. The minimum atomic E-state index is 0.0149. The molecule has 0 unspecified atom stereocenters. The summed E-state index contributed by atoms with van der Waals surface area (Å²) in [5.74, 6) is 1.55. The largest absolute Gasteiger partial charge is 0.465 e. The lowest BCUT2D eigenvalue weighted by Crippen LogP contribution is -2.17. The SMILES string of the molecule is CCCCCC[C@@H]1CCc2cc([C@H]3CC[C@]4(COC(=O)C4)C3)ccc2C1. The van der Waals surface area contributed by atoms with Gasteiger partial charge in [-0.1, -0.05) is 57.2 Å². The van der Waals surface area contributed by atoms with Gasteiger partial charge < -0.3 is 4.74 Å². The quantitative estimate of drug-likeness (QED) is 0.465. The molecule has 1 heterocycles. The van der Waals surface area contributed by atoms with Crippen LogP contribution in [0.5, 0.6) is 0 Å². The maximum absolute atomic E-state index is 11.6. The molecule has 1 spiro atoms. The summed E-state index contributed by atoms with van der Waals surface area (Å²) in [6, 6.07) is 7.31. The Kier molecular flexibility index (Phi) is 5.38. The van der Waals surface area contributed by atoms with Crippen LogP contribution in [0.25, 0.3) is 0 Å². The van der Waals surface area contributed by atoms with Gasteiger partial charge in [-0.25, -0.2) is 0 Å². The van der Waals surface area contributed by atoms with Crippen LogP contribution in [0.2, 0.25) is 0 Å². The van der Waals surface area contributed by atoms with Crippen LogP contribution in [-0.4, -0.2) is 12.6 Å². The molecule has 0 aromatic heterocycles. The van der Waals surface area contributed by atoms with Gasteiger partial charge in [0.05, 0.1) is 13.0 Å². The van der Waals surface area contributed by atoms with E-state index in [4.69, 9.17) is 4.74 Å². The van der Waals surface area contributed by atoms with Gasteiger partial charge in [0.1, 0.15) is 0 Å². The highest BCUT2D eigenvalue weighted by molar-refractivity contribution is 5.72. The van der Waals surface area contributed by atoms with Crippen LogP contribution in [0.1, 0.15) is 93.7 Å². The number of benzene rings is 1. The van der Waals surface area contributed by atoms with Crippen LogP contribution < -0.4 is 0 Å². The van der Waals surface area contributed by atoms with Crippen molar-refractivity contribution in [2.45, 2.75) is 89.9 Å². The highest BCUT2D eigenvalue weighted by Gasteiger charge is 2.46. The van der Waals surface area contributed by atoms with Gasteiger partial charge in [0.25, 0.3) is 0 Å². The Labute approximate surface area is 158 Å². The third-order valence-electron chi connectivity index (χ3n) is 7.26. The average Bonchev–Trinajstić information content (AvgIpc) is 3.24. The van der Waals surface area contributed by atoms with Crippen molar-refractivity contribution in [1.82, 2.24) is 0 Å². The molecule has 142 valence electrons. The molecule has 1 aromatic rings. The van der Waals surface area contributed by atoms with E-state index in [0.717, 1.165) is 18.8 Å². The number of carbonyl (C=O) groups is 1. The highest BCUT2D eigenvalue weighted by Crippen LogP contribution is 2.51. The molecule has 1 saturated carbocycles. The number of ether oxygens (including phenoxy) is 1. The maximum Gasteiger partial charge on any atom is 0.306 e. The number of unbranched alkanes of at least 4 members (excludes halogenated alkanes) is 3. The van der Waals surface area contributed by atoms with Gasteiger partial charge in [-0.15, -0.1) is 0 Å². The predicted octanol–water partition coefficient (Wildman–Crippen LogP) is 5.96. The fourth-order valence-electron chi connectivity index (χ4n) is 5.64. The molecular weight excluding hydrogens is 320 g/mol. The molecule has 2 heteroatoms. The van der Waals surface area contributed by atoms with E-state index in [-0.39, 0.29) is 11.4 Å². The van der Waals surface area contributed by atoms with Gasteiger partial charge in [0.2, 0.25) is 0 Å². The number of aryl methyl sites for hydroxylation is 1.